The van der Waals surface area contributed by atoms with Crippen LogP contribution in [0.15, 0.2) is 24.4 Å². The third kappa shape index (κ3) is 3.47. The van der Waals surface area contributed by atoms with Gasteiger partial charge in [0.15, 0.2) is 5.15 Å². The number of imidazole rings is 1. The molecule has 1 atom stereocenters. The van der Waals surface area contributed by atoms with Crippen LogP contribution in [0.3, 0.4) is 0 Å². The average Bonchev–Trinajstić information content (AvgIpc) is 2.70. The Labute approximate surface area is 118 Å². The van der Waals surface area contributed by atoms with E-state index in [1.54, 1.807) is 0 Å². The molecule has 0 spiro atoms. The van der Waals surface area contributed by atoms with Gasteiger partial charge in [-0.05, 0) is 31.0 Å². The van der Waals surface area contributed by atoms with Crippen molar-refractivity contribution in [1.82, 2.24) is 14.7 Å². The number of aliphatic hydroxyl groups is 1. The van der Waals surface area contributed by atoms with Crippen LogP contribution in [0, 0.1) is 5.92 Å². The van der Waals surface area contributed by atoms with Gasteiger partial charge in [0.05, 0.1) is 11.8 Å². The molecule has 19 heavy (non-hydrogen) atoms. The summed E-state index contributed by atoms with van der Waals surface area (Å²) in [6, 6.07) is 5.82. The Morgan fingerprint density at radius 2 is 2.21 bits per heavy atom. The molecule has 0 aromatic carbocycles. The minimum Gasteiger partial charge on any atom is -0.393 e. The number of fused-ring (bicyclic) bond motifs is 1. The minimum atomic E-state index is -0.259. The van der Waals surface area contributed by atoms with Crippen LogP contribution >= 0.6 is 11.6 Å². The number of aromatic nitrogens is 2. The lowest BCUT2D eigenvalue weighted by molar-refractivity contribution is 0.116. The zero-order chi connectivity index (χ0) is 13.8. The van der Waals surface area contributed by atoms with Crippen LogP contribution in [0.4, 0.5) is 0 Å². The van der Waals surface area contributed by atoms with Gasteiger partial charge in [0, 0.05) is 12.7 Å². The highest BCUT2D eigenvalue weighted by atomic mass is 35.5. The first-order valence-corrected chi connectivity index (χ1v) is 6.97. The average molecular weight is 282 g/mol. The molecular weight excluding hydrogens is 262 g/mol. The van der Waals surface area contributed by atoms with Gasteiger partial charge in [-0.2, -0.15) is 0 Å². The molecule has 0 saturated carbocycles. The zero-order valence-electron chi connectivity index (χ0n) is 11.3. The van der Waals surface area contributed by atoms with Crippen LogP contribution in [0.2, 0.25) is 5.15 Å². The summed E-state index contributed by atoms with van der Waals surface area (Å²) in [5, 5.41) is 13.6. The SMILES string of the molecule is CC(C)C(O)CCNCc1c(Cl)nc2ccccn12. The molecule has 2 aromatic heterocycles. The third-order valence-electron chi connectivity index (χ3n) is 3.26. The van der Waals surface area contributed by atoms with Crippen molar-refractivity contribution in [3.8, 4) is 0 Å². The molecule has 0 fully saturated rings. The first-order chi connectivity index (χ1) is 9.09. The Bertz CT molecular complexity index is 538. The monoisotopic (exact) mass is 281 g/mol. The summed E-state index contributed by atoms with van der Waals surface area (Å²) < 4.78 is 1.98. The standard InChI is InChI=1S/C14H20ClN3O/c1-10(2)12(19)6-7-16-9-11-14(15)17-13-5-3-4-8-18(11)13/h3-5,8,10,12,16,19H,6-7,9H2,1-2H3. The number of hydrogen-bond acceptors (Lipinski definition) is 3. The summed E-state index contributed by atoms with van der Waals surface area (Å²) in [6.07, 6.45) is 2.44. The van der Waals surface area contributed by atoms with E-state index in [0.717, 1.165) is 24.3 Å². The summed E-state index contributed by atoms with van der Waals surface area (Å²) in [6.45, 7) is 5.45. The normalized spacial score (nSPS) is 13.3. The maximum Gasteiger partial charge on any atom is 0.152 e. The van der Waals surface area contributed by atoms with Crippen LogP contribution < -0.4 is 5.32 Å². The Morgan fingerprint density at radius 1 is 1.42 bits per heavy atom. The molecule has 104 valence electrons. The molecule has 2 N–H and O–H groups in total. The molecule has 0 amide bonds. The molecule has 2 rings (SSSR count). The van der Waals surface area contributed by atoms with Crippen molar-refractivity contribution in [1.29, 1.82) is 0 Å². The number of halogens is 1. The predicted molar refractivity (Wildman–Crippen MR) is 77.4 cm³/mol. The molecular formula is C14H20ClN3O. The highest BCUT2D eigenvalue weighted by Gasteiger charge is 2.11. The van der Waals surface area contributed by atoms with E-state index in [4.69, 9.17) is 11.6 Å². The van der Waals surface area contributed by atoms with Crippen LogP contribution in [0.25, 0.3) is 5.65 Å². The van der Waals surface area contributed by atoms with Crippen LogP contribution in [0.5, 0.6) is 0 Å². The summed E-state index contributed by atoms with van der Waals surface area (Å²) >= 11 is 6.14. The maximum atomic E-state index is 9.73. The highest BCUT2D eigenvalue weighted by molar-refractivity contribution is 6.30. The topological polar surface area (TPSA) is 49.6 Å². The number of pyridine rings is 1. The van der Waals surface area contributed by atoms with E-state index >= 15 is 0 Å². The first-order valence-electron chi connectivity index (χ1n) is 6.60. The van der Waals surface area contributed by atoms with Gasteiger partial charge in [-0.15, -0.1) is 0 Å². The van der Waals surface area contributed by atoms with Crippen LogP contribution in [-0.4, -0.2) is 27.1 Å². The van der Waals surface area contributed by atoms with Gasteiger partial charge in [-0.3, -0.25) is 0 Å². The van der Waals surface area contributed by atoms with E-state index in [9.17, 15) is 5.11 Å². The largest absolute Gasteiger partial charge is 0.393 e. The van der Waals surface area contributed by atoms with Gasteiger partial charge in [0.2, 0.25) is 0 Å². The quantitative estimate of drug-likeness (QED) is 0.800. The number of nitrogens with one attached hydrogen (secondary N) is 1. The van der Waals surface area contributed by atoms with Gasteiger partial charge in [-0.1, -0.05) is 31.5 Å². The lowest BCUT2D eigenvalue weighted by Crippen LogP contribution is -2.23. The fraction of sp³-hybridized carbons (Fsp3) is 0.500. The summed E-state index contributed by atoms with van der Waals surface area (Å²) in [4.78, 5) is 4.29. The molecule has 0 saturated heterocycles. The number of rotatable bonds is 6. The third-order valence-corrected chi connectivity index (χ3v) is 3.56. The summed E-state index contributed by atoms with van der Waals surface area (Å²) in [5.74, 6) is 0.293. The predicted octanol–water partition coefficient (Wildman–Crippen LogP) is 2.48. The zero-order valence-corrected chi connectivity index (χ0v) is 12.1. The highest BCUT2D eigenvalue weighted by Crippen LogP contribution is 2.17. The molecule has 0 bridgehead atoms. The molecule has 5 heteroatoms. The van der Waals surface area contributed by atoms with Gasteiger partial charge in [0.1, 0.15) is 5.65 Å². The van der Waals surface area contributed by atoms with Crippen molar-refractivity contribution in [2.24, 2.45) is 5.92 Å². The Balaban J connectivity index is 1.93. The number of nitrogens with zero attached hydrogens (tertiary/aromatic N) is 2. The minimum absolute atomic E-state index is 0.259. The first kappa shape index (κ1) is 14.3. The molecule has 2 aromatic rings. The molecule has 0 radical (unpaired) electrons. The number of aliphatic hydroxyl groups excluding tert-OH is 1. The lowest BCUT2D eigenvalue weighted by Gasteiger charge is -2.14. The molecule has 1 unspecified atom stereocenters. The summed E-state index contributed by atoms with van der Waals surface area (Å²) in [5.41, 5.74) is 1.81. The van der Waals surface area contributed by atoms with Crippen molar-refractivity contribution in [3.05, 3.63) is 35.2 Å². The van der Waals surface area contributed by atoms with E-state index in [2.05, 4.69) is 10.3 Å². The van der Waals surface area contributed by atoms with Crippen molar-refractivity contribution < 1.29 is 5.11 Å². The van der Waals surface area contributed by atoms with Gasteiger partial charge < -0.3 is 14.8 Å². The van der Waals surface area contributed by atoms with Crippen molar-refractivity contribution in [2.75, 3.05) is 6.54 Å². The van der Waals surface area contributed by atoms with E-state index in [0.29, 0.717) is 17.6 Å². The van der Waals surface area contributed by atoms with Gasteiger partial charge in [0.25, 0.3) is 0 Å². The maximum absolute atomic E-state index is 9.73. The van der Waals surface area contributed by atoms with Crippen LogP contribution in [-0.2, 0) is 6.54 Å². The Morgan fingerprint density at radius 3 is 2.95 bits per heavy atom. The van der Waals surface area contributed by atoms with E-state index < -0.39 is 0 Å². The second-order valence-corrected chi connectivity index (χ2v) is 5.41. The Hall–Kier alpha value is -1.10. The Kier molecular flexibility index (Phi) is 4.80. The van der Waals surface area contributed by atoms with Crippen molar-refractivity contribution in [2.45, 2.75) is 32.9 Å². The van der Waals surface area contributed by atoms with E-state index in [1.807, 2.05) is 42.6 Å². The second kappa shape index (κ2) is 6.37. The molecule has 0 aliphatic heterocycles. The fourth-order valence-electron chi connectivity index (χ4n) is 1.97. The lowest BCUT2D eigenvalue weighted by atomic mass is 10.0. The van der Waals surface area contributed by atoms with E-state index in [-0.39, 0.29) is 6.10 Å². The van der Waals surface area contributed by atoms with Crippen molar-refractivity contribution in [3.63, 3.8) is 0 Å². The smallest absolute Gasteiger partial charge is 0.152 e. The molecule has 4 nitrogen and oxygen atoms in total. The van der Waals surface area contributed by atoms with Gasteiger partial charge in [-0.25, -0.2) is 4.98 Å². The van der Waals surface area contributed by atoms with Crippen LogP contribution in [0.1, 0.15) is 26.0 Å². The van der Waals surface area contributed by atoms with Gasteiger partial charge >= 0.3 is 0 Å². The molecule has 2 heterocycles. The fourth-order valence-corrected chi connectivity index (χ4v) is 2.21. The molecule has 0 aliphatic carbocycles. The number of hydrogen-bond donors (Lipinski definition) is 2. The van der Waals surface area contributed by atoms with E-state index in [1.165, 1.54) is 0 Å². The summed E-state index contributed by atoms with van der Waals surface area (Å²) in [7, 11) is 0. The second-order valence-electron chi connectivity index (χ2n) is 5.05. The van der Waals surface area contributed by atoms with Crippen molar-refractivity contribution >= 4 is 17.2 Å². The molecule has 0 aliphatic rings.